The highest BCUT2D eigenvalue weighted by Crippen LogP contribution is 2.29. The van der Waals surface area contributed by atoms with E-state index >= 15 is 0 Å². The Balaban J connectivity index is 1.50. The highest BCUT2D eigenvalue weighted by molar-refractivity contribution is 5.94. The Hall–Kier alpha value is -3.42. The first kappa shape index (κ1) is 19.9. The number of benzene rings is 1. The van der Waals surface area contributed by atoms with Crippen molar-refractivity contribution in [2.75, 3.05) is 20.2 Å². The van der Waals surface area contributed by atoms with Crippen LogP contribution in [-0.2, 0) is 7.05 Å². The Morgan fingerprint density at radius 1 is 1.17 bits per heavy atom. The second-order valence-electron chi connectivity index (χ2n) is 7.38. The minimum atomic E-state index is -0.110. The largest absolute Gasteiger partial charge is 0.496 e. The second kappa shape index (κ2) is 8.52. The molecule has 1 atom stereocenters. The lowest BCUT2D eigenvalue weighted by molar-refractivity contribution is 0.0516. The van der Waals surface area contributed by atoms with E-state index in [4.69, 9.17) is 9.47 Å². The number of hydrogen-bond donors (Lipinski definition) is 0. The molecule has 4 rings (SSSR count). The van der Waals surface area contributed by atoms with Crippen LogP contribution in [-0.4, -0.2) is 57.1 Å². The average Bonchev–Trinajstić information content (AvgIpc) is 3.16. The van der Waals surface area contributed by atoms with Gasteiger partial charge in [0, 0.05) is 25.2 Å². The Kier molecular flexibility index (Phi) is 5.65. The van der Waals surface area contributed by atoms with E-state index in [2.05, 4.69) is 15.3 Å². The van der Waals surface area contributed by atoms with Crippen LogP contribution < -0.4 is 9.47 Å². The fraction of sp³-hybridized carbons (Fsp3) is 0.364. The summed E-state index contributed by atoms with van der Waals surface area (Å²) in [5, 5.41) is 12.6. The molecule has 30 heavy (non-hydrogen) atoms. The van der Waals surface area contributed by atoms with Gasteiger partial charge >= 0.3 is 0 Å². The van der Waals surface area contributed by atoms with Crippen molar-refractivity contribution in [1.82, 2.24) is 24.9 Å². The van der Waals surface area contributed by atoms with Gasteiger partial charge in [0.25, 0.3) is 5.91 Å². The first-order valence-corrected chi connectivity index (χ1v) is 9.99. The van der Waals surface area contributed by atoms with Crippen LogP contribution in [0.15, 0.2) is 42.5 Å². The number of piperidine rings is 1. The lowest BCUT2D eigenvalue weighted by Crippen LogP contribution is -2.45. The molecule has 156 valence electrons. The Morgan fingerprint density at radius 3 is 2.77 bits per heavy atom. The van der Waals surface area contributed by atoms with Crippen LogP contribution in [0.1, 0.15) is 29.0 Å². The van der Waals surface area contributed by atoms with Crippen molar-refractivity contribution in [3.05, 3.63) is 53.9 Å². The van der Waals surface area contributed by atoms with Crippen molar-refractivity contribution >= 4 is 5.91 Å². The molecule has 1 aromatic carbocycles. The molecule has 1 saturated heterocycles. The first-order valence-electron chi connectivity index (χ1n) is 9.99. The first-order chi connectivity index (χ1) is 14.5. The Bertz CT molecular complexity index is 1030. The van der Waals surface area contributed by atoms with Gasteiger partial charge in [0.2, 0.25) is 5.88 Å². The highest BCUT2D eigenvalue weighted by atomic mass is 16.5. The zero-order chi connectivity index (χ0) is 21.1. The summed E-state index contributed by atoms with van der Waals surface area (Å²) in [5.41, 5.74) is 2.93. The number of para-hydroxylation sites is 1. The van der Waals surface area contributed by atoms with E-state index in [0.717, 1.165) is 29.8 Å². The molecule has 1 fully saturated rings. The number of aromatic nitrogens is 4. The van der Waals surface area contributed by atoms with E-state index in [0.29, 0.717) is 30.4 Å². The van der Waals surface area contributed by atoms with Crippen LogP contribution in [0.5, 0.6) is 11.6 Å². The van der Waals surface area contributed by atoms with Gasteiger partial charge in [-0.3, -0.25) is 9.48 Å². The van der Waals surface area contributed by atoms with Crippen molar-refractivity contribution in [2.45, 2.75) is 25.9 Å². The van der Waals surface area contributed by atoms with E-state index in [1.807, 2.05) is 54.3 Å². The molecule has 0 spiro atoms. The molecule has 1 aliphatic heterocycles. The molecule has 3 aromatic rings. The molecule has 2 aromatic heterocycles. The van der Waals surface area contributed by atoms with E-state index in [1.165, 1.54) is 0 Å². The predicted molar refractivity (Wildman–Crippen MR) is 112 cm³/mol. The molecule has 0 radical (unpaired) electrons. The van der Waals surface area contributed by atoms with Crippen molar-refractivity contribution < 1.29 is 14.3 Å². The summed E-state index contributed by atoms with van der Waals surface area (Å²) < 4.78 is 13.0. The SMILES string of the molecule is COc1ccccc1-c1cc(C(=O)N2CCCC(Oc3ccc(C)nn3)C2)n(C)n1. The van der Waals surface area contributed by atoms with E-state index < -0.39 is 0 Å². The van der Waals surface area contributed by atoms with Crippen LogP contribution in [0.25, 0.3) is 11.3 Å². The number of nitrogens with zero attached hydrogens (tertiary/aromatic N) is 5. The molecule has 1 aliphatic rings. The fourth-order valence-electron chi connectivity index (χ4n) is 3.66. The summed E-state index contributed by atoms with van der Waals surface area (Å²) in [4.78, 5) is 15.0. The molecule has 1 amide bonds. The number of ether oxygens (including phenoxy) is 2. The van der Waals surface area contributed by atoms with Gasteiger partial charge in [-0.1, -0.05) is 12.1 Å². The molecule has 1 unspecified atom stereocenters. The number of carbonyl (C=O) groups excluding carboxylic acids is 1. The number of aryl methyl sites for hydroxylation is 2. The van der Waals surface area contributed by atoms with E-state index in [9.17, 15) is 4.79 Å². The molecule has 0 N–H and O–H groups in total. The smallest absolute Gasteiger partial charge is 0.272 e. The van der Waals surface area contributed by atoms with Gasteiger partial charge in [0.15, 0.2) is 0 Å². The lowest BCUT2D eigenvalue weighted by Gasteiger charge is -2.32. The van der Waals surface area contributed by atoms with Gasteiger partial charge in [-0.2, -0.15) is 10.2 Å². The normalized spacial score (nSPS) is 16.4. The Morgan fingerprint density at radius 2 is 2.00 bits per heavy atom. The topological polar surface area (TPSA) is 82.4 Å². The molecular weight excluding hydrogens is 382 g/mol. The minimum Gasteiger partial charge on any atom is -0.496 e. The predicted octanol–water partition coefficient (Wildman–Crippen LogP) is 2.88. The van der Waals surface area contributed by atoms with Crippen LogP contribution in [0.3, 0.4) is 0 Å². The third-order valence-electron chi connectivity index (χ3n) is 5.21. The molecule has 8 nitrogen and oxygen atoms in total. The molecule has 8 heteroatoms. The van der Waals surface area contributed by atoms with Gasteiger partial charge in [-0.05, 0) is 44.0 Å². The monoisotopic (exact) mass is 407 g/mol. The van der Waals surface area contributed by atoms with E-state index in [-0.39, 0.29) is 12.0 Å². The highest BCUT2D eigenvalue weighted by Gasteiger charge is 2.28. The van der Waals surface area contributed by atoms with Crippen LogP contribution >= 0.6 is 0 Å². The average molecular weight is 407 g/mol. The summed E-state index contributed by atoms with van der Waals surface area (Å²) in [7, 11) is 3.41. The maximum atomic E-state index is 13.2. The van der Waals surface area contributed by atoms with Crippen molar-refractivity contribution in [1.29, 1.82) is 0 Å². The number of rotatable bonds is 5. The number of amides is 1. The summed E-state index contributed by atoms with van der Waals surface area (Å²) in [6.45, 7) is 3.07. The van der Waals surface area contributed by atoms with E-state index in [1.54, 1.807) is 18.8 Å². The van der Waals surface area contributed by atoms with Crippen molar-refractivity contribution in [3.8, 4) is 22.9 Å². The summed E-state index contributed by atoms with van der Waals surface area (Å²) >= 11 is 0. The summed E-state index contributed by atoms with van der Waals surface area (Å²) in [6.07, 6.45) is 1.63. The van der Waals surface area contributed by atoms with Gasteiger partial charge in [-0.25, -0.2) is 0 Å². The number of hydrogen-bond acceptors (Lipinski definition) is 6. The van der Waals surface area contributed by atoms with Gasteiger partial charge in [-0.15, -0.1) is 5.10 Å². The van der Waals surface area contributed by atoms with Crippen LogP contribution in [0.2, 0.25) is 0 Å². The quantitative estimate of drug-likeness (QED) is 0.647. The van der Waals surface area contributed by atoms with Crippen molar-refractivity contribution in [2.24, 2.45) is 7.05 Å². The summed E-state index contributed by atoms with van der Waals surface area (Å²) in [6, 6.07) is 13.1. The molecular formula is C22H25N5O3. The third-order valence-corrected chi connectivity index (χ3v) is 5.21. The lowest BCUT2D eigenvalue weighted by atomic mass is 10.1. The number of carbonyl (C=O) groups is 1. The minimum absolute atomic E-state index is 0.0607. The number of methoxy groups -OCH3 is 1. The van der Waals surface area contributed by atoms with Crippen LogP contribution in [0, 0.1) is 6.92 Å². The Labute approximate surface area is 175 Å². The van der Waals surface area contributed by atoms with Crippen molar-refractivity contribution in [3.63, 3.8) is 0 Å². The second-order valence-corrected chi connectivity index (χ2v) is 7.38. The van der Waals surface area contributed by atoms with Crippen LogP contribution in [0.4, 0.5) is 0 Å². The summed E-state index contributed by atoms with van der Waals surface area (Å²) in [5.74, 6) is 1.15. The molecule has 0 saturated carbocycles. The zero-order valence-electron chi connectivity index (χ0n) is 17.4. The van der Waals surface area contributed by atoms with Gasteiger partial charge in [0.05, 0.1) is 25.0 Å². The third kappa shape index (κ3) is 4.12. The molecule has 3 heterocycles. The fourth-order valence-corrected chi connectivity index (χ4v) is 3.66. The number of likely N-dealkylation sites (tertiary alicyclic amines) is 1. The maximum absolute atomic E-state index is 13.2. The molecule has 0 aliphatic carbocycles. The standard InChI is InChI=1S/C22H25N5O3/c1-15-10-11-21(24-23-15)30-16-7-6-12-27(14-16)22(28)19-13-18(25-26(19)2)17-8-4-5-9-20(17)29-3/h4-5,8-11,13,16H,6-7,12,14H2,1-3H3. The molecule has 0 bridgehead atoms. The maximum Gasteiger partial charge on any atom is 0.272 e. The van der Waals surface area contributed by atoms with Gasteiger partial charge in [0.1, 0.15) is 17.5 Å². The zero-order valence-corrected chi connectivity index (χ0v) is 17.4. The van der Waals surface area contributed by atoms with Gasteiger partial charge < -0.3 is 14.4 Å².